The molecule has 3 aromatic carbocycles. The minimum Gasteiger partial charge on any atom is -0.378 e. The summed E-state index contributed by atoms with van der Waals surface area (Å²) in [6.45, 7) is 0. The molecule has 4 rings (SSSR count). The van der Waals surface area contributed by atoms with Gasteiger partial charge in [-0.25, -0.2) is 10.4 Å². The molecule has 1 amide bonds. The molecule has 0 atom stereocenters. The molecule has 1 aromatic heterocycles. The van der Waals surface area contributed by atoms with Gasteiger partial charge in [0.2, 0.25) is 5.82 Å². The molecular weight excluding hydrogens is 470 g/mol. The van der Waals surface area contributed by atoms with Crippen LogP contribution in [0.2, 0.25) is 0 Å². The van der Waals surface area contributed by atoms with Gasteiger partial charge in [-0.05, 0) is 54.1 Å². The van der Waals surface area contributed by atoms with Crippen molar-refractivity contribution in [3.8, 4) is 5.69 Å². The number of para-hydroxylation sites is 1. The van der Waals surface area contributed by atoms with Gasteiger partial charge in [-0.15, -0.1) is 0 Å². The number of amides is 1. The number of nitrogens with one attached hydrogen (secondary N) is 1. The Balaban J connectivity index is 1.69. The van der Waals surface area contributed by atoms with E-state index >= 15 is 0 Å². The van der Waals surface area contributed by atoms with Crippen LogP contribution in [0.3, 0.4) is 0 Å². The standard InChI is InChI=1S/C24H20BrN5O2/c1-29(2)18-11-7-16(8-12-18)15-26-28-23(31)22-27-21-6-4-3-5-20(21)24(32)30(22)19-13-9-17(25)10-14-19/h3-15H,1-2H3,(H,28,31). The number of fused-ring (bicyclic) bond motifs is 1. The number of hydrogen-bond acceptors (Lipinski definition) is 5. The first-order chi connectivity index (χ1) is 15.4. The van der Waals surface area contributed by atoms with Crippen LogP contribution in [-0.2, 0) is 0 Å². The third kappa shape index (κ3) is 4.45. The summed E-state index contributed by atoms with van der Waals surface area (Å²) >= 11 is 3.39. The number of nitrogens with zero attached hydrogens (tertiary/aromatic N) is 4. The Morgan fingerprint density at radius 1 is 1.03 bits per heavy atom. The van der Waals surface area contributed by atoms with E-state index in [4.69, 9.17) is 0 Å². The van der Waals surface area contributed by atoms with Crippen molar-refractivity contribution in [2.75, 3.05) is 19.0 Å². The fourth-order valence-electron chi connectivity index (χ4n) is 3.19. The van der Waals surface area contributed by atoms with E-state index in [0.29, 0.717) is 16.6 Å². The van der Waals surface area contributed by atoms with Gasteiger partial charge in [-0.1, -0.05) is 40.2 Å². The Morgan fingerprint density at radius 2 is 1.72 bits per heavy atom. The quantitative estimate of drug-likeness (QED) is 0.339. The first-order valence-corrected chi connectivity index (χ1v) is 10.6. The van der Waals surface area contributed by atoms with Crippen LogP contribution in [-0.4, -0.2) is 35.8 Å². The highest BCUT2D eigenvalue weighted by atomic mass is 79.9. The third-order valence-electron chi connectivity index (χ3n) is 4.85. The molecule has 0 aliphatic heterocycles. The maximum absolute atomic E-state index is 13.2. The number of hydrogen-bond donors (Lipinski definition) is 1. The molecule has 0 aliphatic carbocycles. The second-order valence-corrected chi connectivity index (χ2v) is 8.17. The molecule has 0 saturated heterocycles. The van der Waals surface area contributed by atoms with E-state index in [1.54, 1.807) is 54.7 Å². The Labute approximate surface area is 193 Å². The van der Waals surface area contributed by atoms with Gasteiger partial charge in [0.1, 0.15) is 0 Å². The summed E-state index contributed by atoms with van der Waals surface area (Å²) in [6, 6.07) is 21.7. The third-order valence-corrected chi connectivity index (χ3v) is 5.38. The van der Waals surface area contributed by atoms with Crippen LogP contribution in [0.5, 0.6) is 0 Å². The van der Waals surface area contributed by atoms with E-state index in [1.807, 2.05) is 43.3 Å². The molecule has 32 heavy (non-hydrogen) atoms. The van der Waals surface area contributed by atoms with E-state index in [9.17, 15) is 9.59 Å². The van der Waals surface area contributed by atoms with Crippen molar-refractivity contribution in [1.29, 1.82) is 0 Å². The molecule has 0 aliphatic rings. The molecule has 7 nitrogen and oxygen atoms in total. The lowest BCUT2D eigenvalue weighted by Gasteiger charge is -2.12. The lowest BCUT2D eigenvalue weighted by molar-refractivity contribution is 0.0942. The van der Waals surface area contributed by atoms with Gasteiger partial charge in [-0.3, -0.25) is 14.2 Å². The Kier molecular flexibility index (Phi) is 6.13. The second kappa shape index (κ2) is 9.15. The summed E-state index contributed by atoms with van der Waals surface area (Å²) in [5.41, 5.74) is 5.02. The zero-order chi connectivity index (χ0) is 22.7. The first kappa shape index (κ1) is 21.5. The lowest BCUT2D eigenvalue weighted by Crippen LogP contribution is -2.31. The molecule has 1 heterocycles. The number of carbonyl (C=O) groups excluding carboxylic acids is 1. The molecule has 160 valence electrons. The van der Waals surface area contributed by atoms with Gasteiger partial charge >= 0.3 is 5.91 Å². The van der Waals surface area contributed by atoms with E-state index in [1.165, 1.54) is 4.57 Å². The summed E-state index contributed by atoms with van der Waals surface area (Å²) in [5, 5.41) is 4.48. The van der Waals surface area contributed by atoms with Gasteiger partial charge in [0.05, 0.1) is 22.8 Å². The molecule has 1 N–H and O–H groups in total. The lowest BCUT2D eigenvalue weighted by atomic mass is 10.2. The van der Waals surface area contributed by atoms with E-state index in [0.717, 1.165) is 15.7 Å². The van der Waals surface area contributed by atoms with E-state index in [-0.39, 0.29) is 11.4 Å². The minimum absolute atomic E-state index is 0.0453. The molecule has 8 heteroatoms. The molecule has 0 bridgehead atoms. The average molecular weight is 490 g/mol. The topological polar surface area (TPSA) is 79.6 Å². The van der Waals surface area contributed by atoms with Crippen LogP contribution in [0.4, 0.5) is 5.69 Å². The fraction of sp³-hybridized carbons (Fsp3) is 0.0833. The van der Waals surface area contributed by atoms with Crippen LogP contribution in [0, 0.1) is 0 Å². The van der Waals surface area contributed by atoms with Crippen molar-refractivity contribution in [3.05, 3.63) is 99.0 Å². The van der Waals surface area contributed by atoms with Crippen molar-refractivity contribution in [2.45, 2.75) is 0 Å². The Bertz CT molecular complexity index is 1360. The van der Waals surface area contributed by atoms with Gasteiger partial charge in [0.25, 0.3) is 5.56 Å². The van der Waals surface area contributed by atoms with Gasteiger partial charge in [0, 0.05) is 24.3 Å². The van der Waals surface area contributed by atoms with Crippen molar-refractivity contribution in [2.24, 2.45) is 5.10 Å². The number of rotatable bonds is 5. The smallest absolute Gasteiger partial charge is 0.307 e. The van der Waals surface area contributed by atoms with E-state index < -0.39 is 5.91 Å². The van der Waals surface area contributed by atoms with Crippen LogP contribution in [0.25, 0.3) is 16.6 Å². The van der Waals surface area contributed by atoms with Gasteiger partial charge in [0.15, 0.2) is 0 Å². The first-order valence-electron chi connectivity index (χ1n) is 9.82. The highest BCUT2D eigenvalue weighted by Gasteiger charge is 2.18. The summed E-state index contributed by atoms with van der Waals surface area (Å²) in [4.78, 5) is 32.6. The number of aromatic nitrogens is 2. The molecule has 0 fully saturated rings. The highest BCUT2D eigenvalue weighted by molar-refractivity contribution is 9.10. The summed E-state index contributed by atoms with van der Waals surface area (Å²) in [7, 11) is 3.93. The summed E-state index contributed by atoms with van der Waals surface area (Å²) in [5.74, 6) is -0.631. The predicted octanol–water partition coefficient (Wildman–Crippen LogP) is 3.98. The minimum atomic E-state index is -0.586. The number of anilines is 1. The van der Waals surface area contributed by atoms with Crippen molar-refractivity contribution in [3.63, 3.8) is 0 Å². The van der Waals surface area contributed by atoms with Crippen molar-refractivity contribution < 1.29 is 4.79 Å². The number of carbonyl (C=O) groups is 1. The zero-order valence-electron chi connectivity index (χ0n) is 17.5. The monoisotopic (exact) mass is 489 g/mol. The van der Waals surface area contributed by atoms with Gasteiger partial charge in [-0.2, -0.15) is 5.10 Å². The van der Waals surface area contributed by atoms with E-state index in [2.05, 4.69) is 31.4 Å². The molecule has 0 radical (unpaired) electrons. The highest BCUT2D eigenvalue weighted by Crippen LogP contribution is 2.16. The van der Waals surface area contributed by atoms with Crippen LogP contribution in [0.15, 0.2) is 87.2 Å². The second-order valence-electron chi connectivity index (χ2n) is 7.25. The van der Waals surface area contributed by atoms with Crippen LogP contribution in [0.1, 0.15) is 16.2 Å². The molecule has 4 aromatic rings. The predicted molar refractivity (Wildman–Crippen MR) is 131 cm³/mol. The normalized spacial score (nSPS) is 11.1. The molecule has 0 unspecified atom stereocenters. The Hall–Kier alpha value is -3.78. The maximum atomic E-state index is 13.2. The SMILES string of the molecule is CN(C)c1ccc(C=NNC(=O)c2nc3ccccc3c(=O)n2-c2ccc(Br)cc2)cc1. The average Bonchev–Trinajstić information content (AvgIpc) is 2.80. The number of hydrazone groups is 1. The fourth-order valence-corrected chi connectivity index (χ4v) is 3.45. The summed E-state index contributed by atoms with van der Waals surface area (Å²) < 4.78 is 2.16. The number of benzene rings is 3. The van der Waals surface area contributed by atoms with Crippen molar-refractivity contribution >= 4 is 44.6 Å². The molecular formula is C24H20BrN5O2. The molecule has 0 saturated carbocycles. The van der Waals surface area contributed by atoms with Gasteiger partial charge < -0.3 is 4.90 Å². The zero-order valence-corrected chi connectivity index (χ0v) is 19.1. The molecule has 0 spiro atoms. The van der Waals surface area contributed by atoms with Crippen LogP contribution < -0.4 is 15.9 Å². The largest absolute Gasteiger partial charge is 0.378 e. The van der Waals surface area contributed by atoms with Crippen LogP contribution >= 0.6 is 15.9 Å². The maximum Gasteiger partial charge on any atom is 0.307 e. The number of halogens is 1. The summed E-state index contributed by atoms with van der Waals surface area (Å²) in [6.07, 6.45) is 1.54. The van der Waals surface area contributed by atoms with Crippen molar-refractivity contribution in [1.82, 2.24) is 15.0 Å². The Morgan fingerprint density at radius 3 is 2.41 bits per heavy atom.